The Bertz CT molecular complexity index is 386. The quantitative estimate of drug-likeness (QED) is 0.801. The Hall–Kier alpha value is -0.810. The zero-order chi connectivity index (χ0) is 12.3. The third-order valence-electron chi connectivity index (χ3n) is 3.26. The zero-order valence-corrected chi connectivity index (χ0v) is 11.3. The summed E-state index contributed by atoms with van der Waals surface area (Å²) in [7, 11) is 0. The molecule has 1 aliphatic rings. The lowest BCUT2D eigenvalue weighted by molar-refractivity contribution is 0.0763. The number of aliphatic hydroxyl groups is 1. The third-order valence-corrected chi connectivity index (χ3v) is 3.87. The molecule has 0 spiro atoms. The fourth-order valence-corrected chi connectivity index (χ4v) is 2.74. The van der Waals surface area contributed by atoms with Crippen LogP contribution in [0.4, 0.5) is 11.5 Å². The number of nitrogens with two attached hydrogens (primary N) is 1. The van der Waals surface area contributed by atoms with E-state index in [2.05, 4.69) is 26.2 Å². The van der Waals surface area contributed by atoms with Crippen molar-refractivity contribution >= 4 is 27.4 Å². The van der Waals surface area contributed by atoms with E-state index >= 15 is 0 Å². The number of rotatable bonds is 3. The summed E-state index contributed by atoms with van der Waals surface area (Å²) >= 11 is 3.42. The maximum atomic E-state index is 9.87. The van der Waals surface area contributed by atoms with Crippen LogP contribution < -0.4 is 11.1 Å². The number of nitrogens with zero attached hydrogens (tertiary/aromatic N) is 1. The molecule has 0 bridgehead atoms. The number of halogens is 1. The molecule has 0 radical (unpaired) electrons. The van der Waals surface area contributed by atoms with Crippen molar-refractivity contribution in [1.29, 1.82) is 0 Å². The smallest absolute Gasteiger partial charge is 0.140 e. The van der Waals surface area contributed by atoms with Crippen molar-refractivity contribution in [3.63, 3.8) is 0 Å². The molecule has 0 aromatic carbocycles. The van der Waals surface area contributed by atoms with Gasteiger partial charge in [-0.1, -0.05) is 12.8 Å². The predicted octanol–water partition coefficient (Wildman–Crippen LogP) is 2.39. The van der Waals surface area contributed by atoms with E-state index in [9.17, 15) is 5.11 Å². The molecule has 1 fully saturated rings. The Morgan fingerprint density at radius 2 is 2.24 bits per heavy atom. The van der Waals surface area contributed by atoms with Crippen molar-refractivity contribution in [2.24, 2.45) is 5.92 Å². The van der Waals surface area contributed by atoms with Gasteiger partial charge in [-0.3, -0.25) is 0 Å². The van der Waals surface area contributed by atoms with Gasteiger partial charge in [0.15, 0.2) is 0 Å². The molecule has 0 saturated heterocycles. The van der Waals surface area contributed by atoms with Crippen LogP contribution in [0.15, 0.2) is 16.7 Å². The second-order valence-electron chi connectivity index (χ2n) is 4.59. The predicted molar refractivity (Wildman–Crippen MR) is 72.8 cm³/mol. The second-order valence-corrected chi connectivity index (χ2v) is 5.45. The molecule has 4 nitrogen and oxygen atoms in total. The van der Waals surface area contributed by atoms with E-state index in [-0.39, 0.29) is 6.10 Å². The van der Waals surface area contributed by atoms with Crippen LogP contribution >= 0.6 is 15.9 Å². The summed E-state index contributed by atoms with van der Waals surface area (Å²) in [5.41, 5.74) is 6.27. The summed E-state index contributed by atoms with van der Waals surface area (Å²) in [6.45, 7) is 0.761. The lowest BCUT2D eigenvalue weighted by Crippen LogP contribution is -2.30. The number of anilines is 2. The van der Waals surface area contributed by atoms with E-state index < -0.39 is 0 Å². The molecule has 2 atom stereocenters. The highest BCUT2D eigenvalue weighted by Crippen LogP contribution is 2.26. The van der Waals surface area contributed by atoms with Gasteiger partial charge in [0.1, 0.15) is 5.82 Å². The molecule has 0 aliphatic heterocycles. The zero-order valence-electron chi connectivity index (χ0n) is 9.69. The van der Waals surface area contributed by atoms with Gasteiger partial charge in [0.25, 0.3) is 0 Å². The molecule has 1 aromatic heterocycles. The minimum absolute atomic E-state index is 0.177. The summed E-state index contributed by atoms with van der Waals surface area (Å²) in [5.74, 6) is 1.12. The van der Waals surface area contributed by atoms with Gasteiger partial charge in [0.2, 0.25) is 0 Å². The minimum Gasteiger partial charge on any atom is -0.397 e. The summed E-state index contributed by atoms with van der Waals surface area (Å²) < 4.78 is 0.864. The first kappa shape index (κ1) is 12.6. The Morgan fingerprint density at radius 3 is 2.94 bits per heavy atom. The monoisotopic (exact) mass is 299 g/mol. The maximum Gasteiger partial charge on any atom is 0.140 e. The molecule has 2 unspecified atom stereocenters. The average molecular weight is 300 g/mol. The first-order chi connectivity index (χ1) is 8.16. The molecule has 2 rings (SSSR count). The van der Waals surface area contributed by atoms with Crippen LogP contribution in [0.2, 0.25) is 0 Å². The van der Waals surface area contributed by atoms with E-state index in [1.165, 1.54) is 6.42 Å². The fraction of sp³-hybridized carbons (Fsp3) is 0.583. The molecule has 1 heterocycles. The van der Waals surface area contributed by atoms with Crippen LogP contribution in [-0.4, -0.2) is 22.7 Å². The number of nitrogens with one attached hydrogen (secondary N) is 1. The Kier molecular flexibility index (Phi) is 4.23. The average Bonchev–Trinajstić information content (AvgIpc) is 2.30. The first-order valence-corrected chi connectivity index (χ1v) is 6.79. The van der Waals surface area contributed by atoms with E-state index in [1.807, 2.05) is 6.07 Å². The Morgan fingerprint density at radius 1 is 1.47 bits per heavy atom. The van der Waals surface area contributed by atoms with Gasteiger partial charge in [-0.05, 0) is 34.8 Å². The molecule has 1 aromatic rings. The van der Waals surface area contributed by atoms with Gasteiger partial charge in [-0.25, -0.2) is 4.98 Å². The fourth-order valence-electron chi connectivity index (χ4n) is 2.24. The molecular formula is C12H18BrN3O. The van der Waals surface area contributed by atoms with Crippen molar-refractivity contribution < 1.29 is 5.11 Å². The third kappa shape index (κ3) is 3.33. The van der Waals surface area contributed by atoms with Crippen molar-refractivity contribution in [3.05, 3.63) is 16.7 Å². The highest BCUT2D eigenvalue weighted by molar-refractivity contribution is 9.10. The lowest BCUT2D eigenvalue weighted by Gasteiger charge is -2.27. The number of hydrogen-bond donors (Lipinski definition) is 3. The van der Waals surface area contributed by atoms with E-state index in [0.717, 1.165) is 36.1 Å². The molecule has 0 amide bonds. The largest absolute Gasteiger partial charge is 0.397 e. The van der Waals surface area contributed by atoms with Gasteiger partial charge >= 0.3 is 0 Å². The van der Waals surface area contributed by atoms with Crippen LogP contribution in [0.25, 0.3) is 0 Å². The molecule has 94 valence electrons. The maximum absolute atomic E-state index is 9.87. The number of pyridine rings is 1. The minimum atomic E-state index is -0.177. The summed E-state index contributed by atoms with van der Waals surface area (Å²) in [6.07, 6.45) is 5.80. The standard InChI is InChI=1S/C12H18BrN3O/c13-10-5-9(14)7-16-12(10)15-6-8-3-1-2-4-11(8)17/h5,7-8,11,17H,1-4,6,14H2,(H,15,16). The van der Waals surface area contributed by atoms with Crippen LogP contribution in [-0.2, 0) is 0 Å². The Labute approximate surface area is 110 Å². The molecule has 1 aliphatic carbocycles. The van der Waals surface area contributed by atoms with Gasteiger partial charge in [-0.2, -0.15) is 0 Å². The number of aliphatic hydroxyl groups excluding tert-OH is 1. The van der Waals surface area contributed by atoms with Crippen molar-refractivity contribution in [2.75, 3.05) is 17.6 Å². The number of aromatic nitrogens is 1. The molecule has 1 saturated carbocycles. The van der Waals surface area contributed by atoms with Crippen molar-refractivity contribution in [2.45, 2.75) is 31.8 Å². The normalized spacial score (nSPS) is 24.6. The highest BCUT2D eigenvalue weighted by Gasteiger charge is 2.22. The first-order valence-electron chi connectivity index (χ1n) is 6.00. The SMILES string of the molecule is Nc1cnc(NCC2CCCCC2O)c(Br)c1. The molecule has 17 heavy (non-hydrogen) atoms. The summed E-state index contributed by atoms with van der Waals surface area (Å²) in [6, 6.07) is 1.83. The molecule has 5 heteroatoms. The highest BCUT2D eigenvalue weighted by atomic mass is 79.9. The van der Waals surface area contributed by atoms with Crippen LogP contribution in [0.5, 0.6) is 0 Å². The van der Waals surface area contributed by atoms with Gasteiger partial charge in [-0.15, -0.1) is 0 Å². The Balaban J connectivity index is 1.92. The van der Waals surface area contributed by atoms with E-state index in [1.54, 1.807) is 6.20 Å². The summed E-state index contributed by atoms with van der Waals surface area (Å²) in [5, 5.41) is 13.1. The van der Waals surface area contributed by atoms with Crippen molar-refractivity contribution in [3.8, 4) is 0 Å². The lowest BCUT2D eigenvalue weighted by atomic mass is 9.86. The molecule has 4 N–H and O–H groups in total. The van der Waals surface area contributed by atoms with E-state index in [0.29, 0.717) is 11.6 Å². The number of hydrogen-bond acceptors (Lipinski definition) is 4. The van der Waals surface area contributed by atoms with Gasteiger partial charge in [0, 0.05) is 12.5 Å². The van der Waals surface area contributed by atoms with E-state index in [4.69, 9.17) is 5.73 Å². The van der Waals surface area contributed by atoms with Crippen molar-refractivity contribution in [1.82, 2.24) is 4.98 Å². The van der Waals surface area contributed by atoms with Gasteiger partial charge < -0.3 is 16.2 Å². The van der Waals surface area contributed by atoms with Crippen LogP contribution in [0, 0.1) is 5.92 Å². The second kappa shape index (κ2) is 5.69. The molecular weight excluding hydrogens is 282 g/mol. The van der Waals surface area contributed by atoms with Crippen LogP contribution in [0.1, 0.15) is 25.7 Å². The van der Waals surface area contributed by atoms with Gasteiger partial charge in [0.05, 0.1) is 22.5 Å². The number of nitrogen functional groups attached to an aromatic ring is 1. The topological polar surface area (TPSA) is 71.2 Å². The van der Waals surface area contributed by atoms with Crippen LogP contribution in [0.3, 0.4) is 0 Å². The summed E-state index contributed by atoms with van der Waals surface area (Å²) in [4.78, 5) is 4.22.